The fourth-order valence-corrected chi connectivity index (χ4v) is 3.65. The van der Waals surface area contributed by atoms with Gasteiger partial charge in [0, 0.05) is 18.8 Å². The van der Waals surface area contributed by atoms with Gasteiger partial charge in [-0.25, -0.2) is 18.2 Å². The number of nitrogens with zero attached hydrogens (tertiary/aromatic N) is 1. The number of benzene rings is 2. The predicted octanol–water partition coefficient (Wildman–Crippen LogP) is 2.12. The van der Waals surface area contributed by atoms with Crippen molar-refractivity contribution in [2.45, 2.75) is 26.0 Å². The lowest BCUT2D eigenvalue weighted by molar-refractivity contribution is -0.141. The zero-order valence-corrected chi connectivity index (χ0v) is 16.3. The molecule has 0 fully saturated rings. The zero-order chi connectivity index (χ0) is 20.3. The number of nitrogens with one attached hydrogen (secondary N) is 1. The van der Waals surface area contributed by atoms with Gasteiger partial charge >= 0.3 is 5.97 Å². The van der Waals surface area contributed by atoms with Gasteiger partial charge in [-0.05, 0) is 35.3 Å². The van der Waals surface area contributed by atoms with Crippen LogP contribution in [0.25, 0.3) is 10.8 Å². The number of carbonyl (C=O) groups is 2. The van der Waals surface area contributed by atoms with Crippen molar-refractivity contribution in [2.24, 2.45) is 4.99 Å². The van der Waals surface area contributed by atoms with E-state index in [1.54, 1.807) is 0 Å². The van der Waals surface area contributed by atoms with E-state index in [0.717, 1.165) is 22.6 Å². The Morgan fingerprint density at radius 2 is 1.86 bits per heavy atom. The Morgan fingerprint density at radius 1 is 1.14 bits per heavy atom. The van der Waals surface area contributed by atoms with Gasteiger partial charge in [0.15, 0.2) is 6.23 Å². The molecule has 1 unspecified atom stereocenters. The molecular weight excluding hydrogens is 380 g/mol. The lowest BCUT2D eigenvalue weighted by Gasteiger charge is -2.16. The molecule has 3 rings (SSSR count). The highest BCUT2D eigenvalue weighted by Crippen LogP contribution is 2.22. The molecule has 0 spiro atoms. The summed E-state index contributed by atoms with van der Waals surface area (Å²) < 4.78 is 28.8. The molecule has 8 heteroatoms. The largest absolute Gasteiger partial charge is 0.437 e. The van der Waals surface area contributed by atoms with Crippen LogP contribution in [0.5, 0.6) is 0 Å². The molecule has 1 atom stereocenters. The Hall–Kier alpha value is -3.00. The molecule has 2 aromatic carbocycles. The highest BCUT2D eigenvalue weighted by molar-refractivity contribution is 8.05. The van der Waals surface area contributed by atoms with E-state index >= 15 is 0 Å². The molecule has 1 aliphatic heterocycles. The second-order valence-electron chi connectivity index (χ2n) is 6.59. The number of amides is 1. The van der Waals surface area contributed by atoms with Gasteiger partial charge in [0.25, 0.3) is 0 Å². The smallest absolute Gasteiger partial charge is 0.332 e. The summed E-state index contributed by atoms with van der Waals surface area (Å²) in [7, 11) is -3.77. The number of rotatable bonds is 2. The summed E-state index contributed by atoms with van der Waals surface area (Å²) in [5, 5.41) is 3.87. The summed E-state index contributed by atoms with van der Waals surface area (Å²) in [6.45, 7) is 1.43. The number of cyclic esters (lactones) is 1. The monoisotopic (exact) mass is 400 g/mol. The third-order valence-electron chi connectivity index (χ3n) is 4.19. The molecule has 1 aliphatic rings. The average Bonchev–Trinajstić information content (AvgIpc) is 2.60. The van der Waals surface area contributed by atoms with Crippen LogP contribution in [0.15, 0.2) is 59.1 Å². The maximum Gasteiger partial charge on any atom is 0.332 e. The van der Waals surface area contributed by atoms with E-state index in [1.165, 1.54) is 13.0 Å². The lowest BCUT2D eigenvalue weighted by Crippen LogP contribution is -2.37. The topological polar surface area (TPSA) is 102 Å². The summed E-state index contributed by atoms with van der Waals surface area (Å²) in [4.78, 5) is 28.4. The van der Waals surface area contributed by atoms with Crippen LogP contribution in [-0.2, 0) is 30.6 Å². The van der Waals surface area contributed by atoms with E-state index < -0.39 is 33.1 Å². The Balaban J connectivity index is 1.94. The third-order valence-corrected chi connectivity index (χ3v) is 5.10. The second-order valence-corrected chi connectivity index (χ2v) is 8.52. The van der Waals surface area contributed by atoms with E-state index in [9.17, 15) is 18.0 Å². The quantitative estimate of drug-likeness (QED) is 0.778. The summed E-state index contributed by atoms with van der Waals surface area (Å²) in [5.41, 5.74) is 1.47. The molecule has 0 aliphatic carbocycles. The van der Waals surface area contributed by atoms with Crippen molar-refractivity contribution < 1.29 is 22.7 Å². The first-order chi connectivity index (χ1) is 13.2. The molecule has 2 aromatic rings. The van der Waals surface area contributed by atoms with E-state index in [4.69, 9.17) is 4.74 Å². The molecular formula is C20H20N2O5S. The van der Waals surface area contributed by atoms with Crippen LogP contribution < -0.4 is 5.32 Å². The number of ether oxygens (including phenoxy) is 1. The molecule has 7 nitrogen and oxygen atoms in total. The number of aliphatic imine (C=N–C) groups is 1. The summed E-state index contributed by atoms with van der Waals surface area (Å²) in [5.74, 6) is -1.23. The van der Waals surface area contributed by atoms with Gasteiger partial charge in [-0.15, -0.1) is 0 Å². The van der Waals surface area contributed by atoms with Gasteiger partial charge in [-0.1, -0.05) is 42.5 Å². The fourth-order valence-electron chi connectivity index (χ4n) is 3.01. The van der Waals surface area contributed by atoms with Gasteiger partial charge in [0.1, 0.15) is 0 Å². The number of esters is 1. The molecule has 28 heavy (non-hydrogen) atoms. The minimum Gasteiger partial charge on any atom is -0.437 e. The maximum atomic E-state index is 12.4. The molecule has 1 amide bonds. The zero-order valence-electron chi connectivity index (χ0n) is 15.5. The number of hydrogen-bond acceptors (Lipinski definition) is 6. The van der Waals surface area contributed by atoms with E-state index in [0.29, 0.717) is 12.0 Å². The number of fused-ring (bicyclic) bond motifs is 1. The van der Waals surface area contributed by atoms with Crippen LogP contribution in [-0.4, -0.2) is 37.9 Å². The molecule has 0 radical (unpaired) electrons. The van der Waals surface area contributed by atoms with Crippen molar-refractivity contribution >= 4 is 37.7 Å². The Morgan fingerprint density at radius 3 is 2.61 bits per heavy atom. The van der Waals surface area contributed by atoms with Crippen molar-refractivity contribution in [2.75, 3.05) is 6.26 Å². The molecule has 146 valence electrons. The third kappa shape index (κ3) is 4.83. The summed E-state index contributed by atoms with van der Waals surface area (Å²) in [6.07, 6.45) is 1.36. The van der Waals surface area contributed by atoms with E-state index in [1.807, 2.05) is 42.5 Å². The summed E-state index contributed by atoms with van der Waals surface area (Å²) in [6, 6.07) is 13.6. The minimum atomic E-state index is -3.77. The Labute approximate surface area is 163 Å². The SMILES string of the molecule is CC1/N=C(/S(C)(=O)=O)NC(=O)C/C(Cc2cccc3ccccc23)=C\C(=O)O1. The van der Waals surface area contributed by atoms with Crippen LogP contribution in [0.2, 0.25) is 0 Å². The van der Waals surface area contributed by atoms with Gasteiger partial charge in [-0.3, -0.25) is 4.79 Å². The van der Waals surface area contributed by atoms with E-state index in [-0.39, 0.29) is 6.42 Å². The number of amidine groups is 1. The highest BCUT2D eigenvalue weighted by atomic mass is 32.2. The van der Waals surface area contributed by atoms with Crippen LogP contribution in [0.1, 0.15) is 18.9 Å². The molecule has 0 bridgehead atoms. The highest BCUT2D eigenvalue weighted by Gasteiger charge is 2.22. The normalized spacial score (nSPS) is 22.4. The van der Waals surface area contributed by atoms with Crippen molar-refractivity contribution in [3.05, 3.63) is 59.7 Å². The van der Waals surface area contributed by atoms with Crippen LogP contribution in [0.4, 0.5) is 0 Å². The van der Waals surface area contributed by atoms with Gasteiger partial charge in [0.05, 0.1) is 0 Å². The fraction of sp³-hybridized carbons (Fsp3) is 0.250. The molecule has 1 heterocycles. The van der Waals surface area contributed by atoms with Crippen LogP contribution in [0, 0.1) is 0 Å². The Bertz CT molecular complexity index is 1100. The first kappa shape index (κ1) is 19.8. The van der Waals surface area contributed by atoms with Crippen molar-refractivity contribution in [3.8, 4) is 0 Å². The molecule has 1 N–H and O–H groups in total. The lowest BCUT2D eigenvalue weighted by atomic mass is 9.96. The minimum absolute atomic E-state index is 0.152. The predicted molar refractivity (Wildman–Crippen MR) is 106 cm³/mol. The maximum absolute atomic E-state index is 12.4. The first-order valence-corrected chi connectivity index (χ1v) is 10.6. The van der Waals surface area contributed by atoms with Crippen LogP contribution >= 0.6 is 0 Å². The average molecular weight is 400 g/mol. The number of carbonyl (C=O) groups excluding carboxylic acids is 2. The van der Waals surface area contributed by atoms with Crippen molar-refractivity contribution in [3.63, 3.8) is 0 Å². The van der Waals surface area contributed by atoms with E-state index in [2.05, 4.69) is 10.3 Å². The van der Waals surface area contributed by atoms with Crippen molar-refractivity contribution in [1.29, 1.82) is 0 Å². The van der Waals surface area contributed by atoms with Crippen LogP contribution in [0.3, 0.4) is 0 Å². The van der Waals surface area contributed by atoms with Crippen molar-refractivity contribution in [1.82, 2.24) is 5.32 Å². The van der Waals surface area contributed by atoms with Gasteiger partial charge in [-0.2, -0.15) is 0 Å². The number of sulfone groups is 1. The van der Waals surface area contributed by atoms with Gasteiger partial charge in [0.2, 0.25) is 20.9 Å². The first-order valence-electron chi connectivity index (χ1n) is 8.67. The van der Waals surface area contributed by atoms with Gasteiger partial charge < -0.3 is 10.1 Å². The molecule has 0 saturated heterocycles. The summed E-state index contributed by atoms with van der Waals surface area (Å²) >= 11 is 0. The standard InChI is InChI=1S/C20H20N2O5S/c1-13-21-20(28(2,25)26)22-18(23)11-14(12-19(24)27-13)10-16-8-5-7-15-6-3-4-9-17(15)16/h3-9,12-13H,10-11H2,1-2H3,(H,21,22,23)/b14-12-. The second kappa shape index (κ2) is 7.93. The number of hydrogen-bond donors (Lipinski definition) is 1. The Kier molecular flexibility index (Phi) is 5.60. The molecule has 0 saturated carbocycles. The molecule has 0 aromatic heterocycles.